The van der Waals surface area contributed by atoms with E-state index in [4.69, 9.17) is 10.2 Å². The highest BCUT2D eigenvalue weighted by Crippen LogP contribution is 1.94. The number of H-pyrrole nitrogens is 1. The summed E-state index contributed by atoms with van der Waals surface area (Å²) in [6.07, 6.45) is -1.45. The normalized spacial score (nSPS) is 9.60. The van der Waals surface area contributed by atoms with Crippen molar-refractivity contribution in [1.29, 1.82) is 0 Å². The Morgan fingerprint density at radius 1 is 1.70 bits per heavy atom. The van der Waals surface area contributed by atoms with Gasteiger partial charge >= 0.3 is 6.09 Å². The first-order valence-corrected chi connectivity index (χ1v) is 2.35. The van der Waals surface area contributed by atoms with Crippen LogP contribution in [-0.2, 0) is 0 Å². The van der Waals surface area contributed by atoms with E-state index in [1.54, 1.807) is 0 Å². The number of aromatic nitrogens is 2. The van der Waals surface area contributed by atoms with Gasteiger partial charge in [-0.05, 0) is 0 Å². The zero-order valence-corrected chi connectivity index (χ0v) is 4.74. The molecule has 0 spiro atoms. The third-order valence-corrected chi connectivity index (χ3v) is 0.898. The van der Waals surface area contributed by atoms with Crippen LogP contribution in [0.4, 0.5) is 4.79 Å². The summed E-state index contributed by atoms with van der Waals surface area (Å²) in [4.78, 5) is 20.5. The average molecular weight is 144 g/mol. The summed E-state index contributed by atoms with van der Waals surface area (Å²) >= 11 is 0. The Labute approximate surface area is 54.3 Å². The maximum absolute atomic E-state index is 10.5. The maximum Gasteiger partial charge on any atom is 0.433 e. The van der Waals surface area contributed by atoms with Crippen LogP contribution < -0.4 is 5.56 Å². The number of hydrogen-bond donors (Lipinski definition) is 3. The van der Waals surface area contributed by atoms with Crippen LogP contribution in [0.2, 0.25) is 0 Å². The molecule has 0 fully saturated rings. The van der Waals surface area contributed by atoms with Crippen molar-refractivity contribution < 1.29 is 15.0 Å². The Kier molecular flexibility index (Phi) is 1.22. The molecule has 6 heteroatoms. The molecule has 0 aliphatic heterocycles. The standard InChI is InChI=1S/C4H4N2O4/c7-2-1-3(8)6(5-2)4(9)10/h1,5,7H,(H,9,10). The molecule has 54 valence electrons. The summed E-state index contributed by atoms with van der Waals surface area (Å²) < 4.78 is 0.273. The van der Waals surface area contributed by atoms with E-state index in [0.717, 1.165) is 6.07 Å². The summed E-state index contributed by atoms with van der Waals surface area (Å²) in [7, 11) is 0. The fourth-order valence-electron chi connectivity index (χ4n) is 0.526. The van der Waals surface area contributed by atoms with Crippen LogP contribution >= 0.6 is 0 Å². The molecule has 0 radical (unpaired) electrons. The van der Waals surface area contributed by atoms with Gasteiger partial charge in [0.25, 0.3) is 5.56 Å². The van der Waals surface area contributed by atoms with E-state index in [1.165, 1.54) is 0 Å². The average Bonchev–Trinajstić information content (AvgIpc) is 2.10. The fraction of sp³-hybridized carbons (Fsp3) is 0. The highest BCUT2D eigenvalue weighted by Gasteiger charge is 2.06. The quantitative estimate of drug-likeness (QED) is 0.453. The zero-order valence-electron chi connectivity index (χ0n) is 4.74. The summed E-state index contributed by atoms with van der Waals surface area (Å²) in [6.45, 7) is 0. The van der Waals surface area contributed by atoms with Crippen molar-refractivity contribution in [1.82, 2.24) is 9.78 Å². The van der Waals surface area contributed by atoms with Gasteiger partial charge in [-0.25, -0.2) is 4.79 Å². The van der Waals surface area contributed by atoms with E-state index in [9.17, 15) is 9.59 Å². The molecule has 3 N–H and O–H groups in total. The monoisotopic (exact) mass is 144 g/mol. The number of aromatic amines is 1. The van der Waals surface area contributed by atoms with Crippen molar-refractivity contribution in [2.75, 3.05) is 0 Å². The van der Waals surface area contributed by atoms with Crippen molar-refractivity contribution in [2.45, 2.75) is 0 Å². The lowest BCUT2D eigenvalue weighted by Gasteiger charge is -1.87. The first-order chi connectivity index (χ1) is 4.61. The second-order valence-electron chi connectivity index (χ2n) is 1.60. The van der Waals surface area contributed by atoms with Gasteiger partial charge in [-0.15, -0.1) is 4.68 Å². The number of hydrogen-bond acceptors (Lipinski definition) is 3. The topological polar surface area (TPSA) is 95.3 Å². The predicted molar refractivity (Wildman–Crippen MR) is 30.1 cm³/mol. The molecule has 1 aromatic heterocycles. The van der Waals surface area contributed by atoms with Gasteiger partial charge in [0.2, 0.25) is 5.88 Å². The van der Waals surface area contributed by atoms with Crippen molar-refractivity contribution in [3.8, 4) is 5.88 Å². The Morgan fingerprint density at radius 3 is 2.50 bits per heavy atom. The smallest absolute Gasteiger partial charge is 0.433 e. The fourth-order valence-corrected chi connectivity index (χ4v) is 0.526. The van der Waals surface area contributed by atoms with Crippen LogP contribution in [0.15, 0.2) is 10.9 Å². The zero-order chi connectivity index (χ0) is 7.72. The maximum atomic E-state index is 10.5. The number of nitrogens with zero attached hydrogens (tertiary/aromatic N) is 1. The number of carboxylic acid groups (broad SMARTS) is 1. The van der Waals surface area contributed by atoms with E-state index in [0.29, 0.717) is 0 Å². The van der Waals surface area contributed by atoms with Crippen LogP contribution in [0.1, 0.15) is 0 Å². The predicted octanol–water partition coefficient (Wildman–Crippen LogP) is -0.592. The molecular weight excluding hydrogens is 140 g/mol. The van der Waals surface area contributed by atoms with Gasteiger partial charge in [0.05, 0.1) is 6.07 Å². The van der Waals surface area contributed by atoms with E-state index < -0.39 is 17.5 Å². The Hall–Kier alpha value is -1.72. The van der Waals surface area contributed by atoms with Gasteiger partial charge in [-0.1, -0.05) is 0 Å². The Morgan fingerprint density at radius 2 is 2.30 bits per heavy atom. The van der Waals surface area contributed by atoms with Gasteiger partial charge in [-0.3, -0.25) is 9.89 Å². The number of carbonyl (C=O) groups is 1. The van der Waals surface area contributed by atoms with E-state index in [2.05, 4.69) is 0 Å². The third-order valence-electron chi connectivity index (χ3n) is 0.898. The van der Waals surface area contributed by atoms with Crippen molar-refractivity contribution >= 4 is 6.09 Å². The van der Waals surface area contributed by atoms with Crippen LogP contribution in [0.5, 0.6) is 5.88 Å². The van der Waals surface area contributed by atoms with Crippen LogP contribution in [0, 0.1) is 0 Å². The van der Waals surface area contributed by atoms with E-state index in [-0.39, 0.29) is 4.68 Å². The van der Waals surface area contributed by atoms with Crippen LogP contribution in [0.3, 0.4) is 0 Å². The molecule has 0 atom stereocenters. The first-order valence-electron chi connectivity index (χ1n) is 2.35. The van der Waals surface area contributed by atoms with Gasteiger partial charge < -0.3 is 10.2 Å². The molecule has 0 aliphatic rings. The molecule has 1 rings (SSSR count). The molecule has 0 aliphatic carbocycles. The Bertz CT molecular complexity index is 309. The Balaban J connectivity index is 3.29. The second-order valence-corrected chi connectivity index (χ2v) is 1.60. The van der Waals surface area contributed by atoms with Crippen LogP contribution in [0.25, 0.3) is 0 Å². The minimum Gasteiger partial charge on any atom is -0.494 e. The van der Waals surface area contributed by atoms with Gasteiger partial charge in [0.1, 0.15) is 0 Å². The summed E-state index contributed by atoms with van der Waals surface area (Å²) in [6, 6.07) is 0.772. The molecule has 0 bridgehead atoms. The minimum atomic E-state index is -1.45. The molecule has 0 saturated carbocycles. The molecule has 1 heterocycles. The largest absolute Gasteiger partial charge is 0.494 e. The minimum absolute atomic E-state index is 0.273. The number of rotatable bonds is 0. The lowest BCUT2D eigenvalue weighted by atomic mass is 10.7. The molecule has 10 heavy (non-hydrogen) atoms. The SMILES string of the molecule is O=C(O)n1[nH]c(O)cc1=O. The molecule has 0 amide bonds. The molecular formula is C4H4N2O4. The summed E-state index contributed by atoms with van der Waals surface area (Å²) in [5.74, 6) is -0.465. The van der Waals surface area contributed by atoms with E-state index in [1.807, 2.05) is 5.10 Å². The first kappa shape index (κ1) is 6.40. The molecule has 0 aromatic carbocycles. The lowest BCUT2D eigenvalue weighted by molar-refractivity contribution is 0.191. The van der Waals surface area contributed by atoms with Gasteiger partial charge in [0, 0.05) is 0 Å². The number of nitrogens with one attached hydrogen (secondary N) is 1. The third kappa shape index (κ3) is 0.859. The summed E-state index contributed by atoms with van der Waals surface area (Å²) in [5, 5.41) is 18.6. The molecule has 0 saturated heterocycles. The van der Waals surface area contributed by atoms with Gasteiger partial charge in [0.15, 0.2) is 0 Å². The highest BCUT2D eigenvalue weighted by molar-refractivity contribution is 5.66. The molecule has 6 nitrogen and oxygen atoms in total. The highest BCUT2D eigenvalue weighted by atomic mass is 16.4. The summed E-state index contributed by atoms with van der Waals surface area (Å²) in [5.41, 5.74) is -0.801. The van der Waals surface area contributed by atoms with Crippen molar-refractivity contribution in [2.24, 2.45) is 0 Å². The van der Waals surface area contributed by atoms with Gasteiger partial charge in [-0.2, -0.15) is 0 Å². The van der Waals surface area contributed by atoms with Crippen molar-refractivity contribution in [3.63, 3.8) is 0 Å². The van der Waals surface area contributed by atoms with E-state index >= 15 is 0 Å². The molecule has 1 aromatic rings. The van der Waals surface area contributed by atoms with Crippen molar-refractivity contribution in [3.05, 3.63) is 16.4 Å². The molecule has 0 unspecified atom stereocenters. The number of aromatic hydroxyl groups is 1. The van der Waals surface area contributed by atoms with Crippen LogP contribution in [-0.4, -0.2) is 26.1 Å². The lowest BCUT2D eigenvalue weighted by Crippen LogP contribution is -2.22. The second kappa shape index (κ2) is 1.90.